The minimum atomic E-state index is -0.654. The van der Waals surface area contributed by atoms with Crippen LogP contribution in [-0.4, -0.2) is 28.9 Å². The van der Waals surface area contributed by atoms with E-state index < -0.39 is 5.92 Å². The lowest BCUT2D eigenvalue weighted by Gasteiger charge is -2.20. The summed E-state index contributed by atoms with van der Waals surface area (Å²) >= 11 is 5.87. The van der Waals surface area contributed by atoms with Crippen molar-refractivity contribution in [1.82, 2.24) is 4.90 Å². The van der Waals surface area contributed by atoms with Crippen molar-refractivity contribution >= 4 is 23.3 Å². The average molecular weight is 270 g/mol. The number of nitrogens with two attached hydrogens (primary N) is 1. The molecule has 0 heterocycles. The number of hydrogen-bond acceptors (Lipinski definition) is 3. The second kappa shape index (κ2) is 6.26. The Morgan fingerprint density at radius 3 is 2.83 bits per heavy atom. The van der Waals surface area contributed by atoms with E-state index in [1.807, 2.05) is 12.1 Å². The van der Waals surface area contributed by atoms with E-state index in [1.54, 1.807) is 26.1 Å². The van der Waals surface area contributed by atoms with Crippen molar-refractivity contribution in [3.63, 3.8) is 0 Å². The third kappa shape index (κ3) is 3.63. The Kier molecular flexibility index (Phi) is 4.97. The summed E-state index contributed by atoms with van der Waals surface area (Å²) < 4.78 is 0. The first-order valence-corrected chi connectivity index (χ1v) is 5.80. The van der Waals surface area contributed by atoms with Gasteiger partial charge >= 0.3 is 0 Å². The lowest BCUT2D eigenvalue weighted by atomic mass is 10.1. The molecule has 3 N–H and O–H groups in total. The zero-order valence-corrected chi connectivity index (χ0v) is 11.1. The molecule has 1 aromatic rings. The number of carbonyl (C=O) groups excluding carboxylic acids is 1. The fraction of sp³-hybridized carbons (Fsp3) is 0.333. The highest BCUT2D eigenvalue weighted by Gasteiger charge is 2.21. The van der Waals surface area contributed by atoms with E-state index in [9.17, 15) is 4.79 Å². The summed E-state index contributed by atoms with van der Waals surface area (Å²) in [5.41, 5.74) is 6.33. The Balaban J connectivity index is 2.71. The number of benzene rings is 1. The van der Waals surface area contributed by atoms with Crippen LogP contribution in [0.5, 0.6) is 0 Å². The quantitative estimate of drug-likeness (QED) is 0.378. The average Bonchev–Trinajstić information content (AvgIpc) is 2.36. The van der Waals surface area contributed by atoms with Crippen LogP contribution in [0.15, 0.2) is 29.4 Å². The van der Waals surface area contributed by atoms with Gasteiger partial charge in [-0.1, -0.05) is 28.9 Å². The van der Waals surface area contributed by atoms with Crippen LogP contribution in [0.4, 0.5) is 0 Å². The van der Waals surface area contributed by atoms with Gasteiger partial charge in [0.2, 0.25) is 5.91 Å². The molecule has 6 heteroatoms. The van der Waals surface area contributed by atoms with Crippen molar-refractivity contribution in [1.29, 1.82) is 0 Å². The molecule has 1 unspecified atom stereocenters. The van der Waals surface area contributed by atoms with Gasteiger partial charge in [0.05, 0.1) is 5.92 Å². The Labute approximate surface area is 111 Å². The second-order valence-electron chi connectivity index (χ2n) is 4.07. The Bertz CT molecular complexity index is 462. The summed E-state index contributed by atoms with van der Waals surface area (Å²) in [6.45, 7) is 2.01. The topological polar surface area (TPSA) is 78.9 Å². The van der Waals surface area contributed by atoms with Gasteiger partial charge in [0.25, 0.3) is 0 Å². The van der Waals surface area contributed by atoms with E-state index in [-0.39, 0.29) is 11.7 Å². The lowest BCUT2D eigenvalue weighted by Crippen LogP contribution is -2.38. The monoisotopic (exact) mass is 269 g/mol. The van der Waals surface area contributed by atoms with Crippen LogP contribution in [0, 0.1) is 5.92 Å². The van der Waals surface area contributed by atoms with Gasteiger partial charge in [-0.15, -0.1) is 0 Å². The number of hydrogen-bond donors (Lipinski definition) is 2. The van der Waals surface area contributed by atoms with E-state index in [4.69, 9.17) is 22.5 Å². The van der Waals surface area contributed by atoms with Crippen molar-refractivity contribution in [2.24, 2.45) is 16.8 Å². The van der Waals surface area contributed by atoms with Crippen LogP contribution in [0.1, 0.15) is 12.5 Å². The SMILES string of the molecule is CC(C(=O)N(C)Cc1cccc(Cl)c1)C(N)=NO. The summed E-state index contributed by atoms with van der Waals surface area (Å²) in [6.07, 6.45) is 0. The zero-order chi connectivity index (χ0) is 13.7. The molecular weight excluding hydrogens is 254 g/mol. The van der Waals surface area contributed by atoms with Gasteiger partial charge in [-0.3, -0.25) is 4.79 Å². The van der Waals surface area contributed by atoms with Gasteiger partial charge in [-0.05, 0) is 24.6 Å². The van der Waals surface area contributed by atoms with Gasteiger partial charge in [0, 0.05) is 18.6 Å². The molecule has 0 fully saturated rings. The van der Waals surface area contributed by atoms with Crippen molar-refractivity contribution in [3.8, 4) is 0 Å². The molecule has 98 valence electrons. The number of carbonyl (C=O) groups is 1. The summed E-state index contributed by atoms with van der Waals surface area (Å²) in [7, 11) is 1.66. The molecule has 0 radical (unpaired) electrons. The highest BCUT2D eigenvalue weighted by molar-refractivity contribution is 6.30. The maximum absolute atomic E-state index is 12.0. The van der Waals surface area contributed by atoms with Crippen molar-refractivity contribution in [3.05, 3.63) is 34.9 Å². The number of amides is 1. The fourth-order valence-corrected chi connectivity index (χ4v) is 1.74. The van der Waals surface area contributed by atoms with Crippen molar-refractivity contribution < 1.29 is 10.0 Å². The molecule has 0 aliphatic rings. The Morgan fingerprint density at radius 2 is 2.28 bits per heavy atom. The predicted octanol–water partition coefficient (Wildman–Crippen LogP) is 1.68. The molecule has 0 aromatic heterocycles. The summed E-state index contributed by atoms with van der Waals surface area (Å²) in [4.78, 5) is 13.5. The van der Waals surface area contributed by atoms with Gasteiger partial charge in [0.1, 0.15) is 0 Å². The van der Waals surface area contributed by atoms with Gasteiger partial charge in [-0.25, -0.2) is 0 Å². The summed E-state index contributed by atoms with van der Waals surface area (Å²) in [6, 6.07) is 7.26. The smallest absolute Gasteiger partial charge is 0.233 e. The zero-order valence-electron chi connectivity index (χ0n) is 10.3. The number of halogens is 1. The Morgan fingerprint density at radius 1 is 1.61 bits per heavy atom. The molecule has 0 bridgehead atoms. The normalized spacial score (nSPS) is 13.2. The predicted molar refractivity (Wildman–Crippen MR) is 70.5 cm³/mol. The molecule has 1 amide bonds. The van der Waals surface area contributed by atoms with Crippen molar-refractivity contribution in [2.45, 2.75) is 13.5 Å². The fourth-order valence-electron chi connectivity index (χ4n) is 1.53. The number of nitrogens with zero attached hydrogens (tertiary/aromatic N) is 2. The van der Waals surface area contributed by atoms with Crippen LogP contribution in [0.25, 0.3) is 0 Å². The lowest BCUT2D eigenvalue weighted by molar-refractivity contribution is -0.132. The van der Waals surface area contributed by atoms with Crippen LogP contribution in [0.3, 0.4) is 0 Å². The molecule has 0 spiro atoms. The maximum Gasteiger partial charge on any atom is 0.233 e. The first-order valence-electron chi connectivity index (χ1n) is 5.42. The van der Waals surface area contributed by atoms with Crippen LogP contribution < -0.4 is 5.73 Å². The minimum absolute atomic E-state index is 0.0991. The molecule has 0 saturated heterocycles. The van der Waals surface area contributed by atoms with E-state index >= 15 is 0 Å². The second-order valence-corrected chi connectivity index (χ2v) is 4.51. The molecule has 18 heavy (non-hydrogen) atoms. The van der Waals surface area contributed by atoms with Crippen molar-refractivity contribution in [2.75, 3.05) is 7.05 Å². The Hall–Kier alpha value is -1.75. The highest BCUT2D eigenvalue weighted by atomic mass is 35.5. The highest BCUT2D eigenvalue weighted by Crippen LogP contribution is 2.13. The van der Waals surface area contributed by atoms with E-state index in [2.05, 4.69) is 5.16 Å². The molecule has 0 aliphatic carbocycles. The molecule has 0 saturated carbocycles. The summed E-state index contributed by atoms with van der Waals surface area (Å²) in [5, 5.41) is 12.0. The summed E-state index contributed by atoms with van der Waals surface area (Å²) in [5.74, 6) is -0.970. The van der Waals surface area contributed by atoms with Gasteiger partial charge < -0.3 is 15.8 Å². The molecule has 0 aliphatic heterocycles. The molecule has 1 atom stereocenters. The van der Waals surface area contributed by atoms with E-state index in [0.29, 0.717) is 11.6 Å². The molecular formula is C12H16ClN3O2. The molecule has 5 nitrogen and oxygen atoms in total. The first-order chi connectivity index (χ1) is 8.45. The van der Waals surface area contributed by atoms with Gasteiger partial charge in [-0.2, -0.15) is 0 Å². The van der Waals surface area contributed by atoms with Crippen LogP contribution in [0.2, 0.25) is 5.02 Å². The minimum Gasteiger partial charge on any atom is -0.409 e. The third-order valence-corrected chi connectivity index (χ3v) is 2.85. The third-order valence-electron chi connectivity index (χ3n) is 2.61. The van der Waals surface area contributed by atoms with Gasteiger partial charge in [0.15, 0.2) is 5.84 Å². The van der Waals surface area contributed by atoms with E-state index in [1.165, 1.54) is 4.90 Å². The van der Waals surface area contributed by atoms with Crippen LogP contribution in [-0.2, 0) is 11.3 Å². The largest absolute Gasteiger partial charge is 0.409 e. The first kappa shape index (κ1) is 14.3. The number of amidine groups is 1. The van der Waals surface area contributed by atoms with E-state index in [0.717, 1.165) is 5.56 Å². The maximum atomic E-state index is 12.0. The number of rotatable bonds is 4. The molecule has 1 rings (SSSR count). The van der Waals surface area contributed by atoms with Crippen LogP contribution >= 0.6 is 11.6 Å². The standard InChI is InChI=1S/C12H16ClN3O2/c1-8(11(14)15-18)12(17)16(2)7-9-4-3-5-10(13)6-9/h3-6,8,18H,7H2,1-2H3,(H2,14,15). The number of oxime groups is 1. The molecule has 1 aromatic carbocycles.